The average molecular weight is 231 g/mol. The highest BCUT2D eigenvalue weighted by molar-refractivity contribution is 5.71. The number of para-hydroxylation sites is 1. The molecule has 0 fully saturated rings. The van der Waals surface area contributed by atoms with Gasteiger partial charge in [0, 0.05) is 11.6 Å². The molecule has 2 heteroatoms. The Bertz CT molecular complexity index is 409. The molecular weight excluding hydrogens is 210 g/mol. The van der Waals surface area contributed by atoms with Gasteiger partial charge < -0.3 is 10.5 Å². The molecule has 1 aromatic carbocycles. The summed E-state index contributed by atoms with van der Waals surface area (Å²) in [5.74, 6) is 0.975. The van der Waals surface area contributed by atoms with Crippen LogP contribution in [0, 0.1) is 0 Å². The van der Waals surface area contributed by atoms with Crippen LogP contribution in [-0.4, -0.2) is 12.1 Å². The molecule has 2 nitrogen and oxygen atoms in total. The van der Waals surface area contributed by atoms with Crippen LogP contribution in [0.3, 0.4) is 0 Å². The van der Waals surface area contributed by atoms with Crippen molar-refractivity contribution in [2.75, 3.05) is 0 Å². The predicted octanol–water partition coefficient (Wildman–Crippen LogP) is 3.37. The first-order valence-corrected chi connectivity index (χ1v) is 6.39. The van der Waals surface area contributed by atoms with Gasteiger partial charge in [-0.3, -0.25) is 0 Å². The molecule has 1 aliphatic rings. The number of nitrogens with two attached hydrogens (primary N) is 1. The molecule has 17 heavy (non-hydrogen) atoms. The van der Waals surface area contributed by atoms with E-state index in [0.29, 0.717) is 0 Å². The van der Waals surface area contributed by atoms with Crippen LogP contribution >= 0.6 is 0 Å². The summed E-state index contributed by atoms with van der Waals surface area (Å²) in [7, 11) is 0. The standard InChI is InChI=1S/C15H21NO/c1-11(2)17-15-9-4-3-8-14(15)12-6-5-7-13(16)10-12/h3-4,8-11,13H,5-7,16H2,1-2H3. The van der Waals surface area contributed by atoms with Gasteiger partial charge in [-0.05, 0) is 44.7 Å². The summed E-state index contributed by atoms with van der Waals surface area (Å²) in [6.45, 7) is 4.11. The number of rotatable bonds is 3. The van der Waals surface area contributed by atoms with Gasteiger partial charge in [-0.2, -0.15) is 0 Å². The van der Waals surface area contributed by atoms with Crippen LogP contribution < -0.4 is 10.5 Å². The smallest absolute Gasteiger partial charge is 0.127 e. The molecule has 0 heterocycles. The fourth-order valence-corrected chi connectivity index (χ4v) is 2.27. The van der Waals surface area contributed by atoms with Gasteiger partial charge in [-0.25, -0.2) is 0 Å². The summed E-state index contributed by atoms with van der Waals surface area (Å²) in [6, 6.07) is 8.44. The Hall–Kier alpha value is -1.28. The summed E-state index contributed by atoms with van der Waals surface area (Å²) >= 11 is 0. The van der Waals surface area contributed by atoms with Crippen molar-refractivity contribution in [3.8, 4) is 5.75 Å². The lowest BCUT2D eigenvalue weighted by atomic mass is 9.91. The van der Waals surface area contributed by atoms with Crippen molar-refractivity contribution in [1.82, 2.24) is 0 Å². The lowest BCUT2D eigenvalue weighted by Gasteiger charge is -2.21. The molecule has 0 spiro atoms. The molecule has 0 radical (unpaired) electrons. The van der Waals surface area contributed by atoms with Crippen molar-refractivity contribution < 1.29 is 4.74 Å². The minimum absolute atomic E-state index is 0.200. The van der Waals surface area contributed by atoms with Crippen LogP contribution in [0.4, 0.5) is 0 Å². The highest BCUT2D eigenvalue weighted by Gasteiger charge is 2.15. The van der Waals surface area contributed by atoms with E-state index in [1.807, 2.05) is 12.1 Å². The van der Waals surface area contributed by atoms with E-state index in [9.17, 15) is 0 Å². The van der Waals surface area contributed by atoms with Gasteiger partial charge in [0.25, 0.3) is 0 Å². The van der Waals surface area contributed by atoms with E-state index in [0.717, 1.165) is 18.6 Å². The van der Waals surface area contributed by atoms with Crippen molar-refractivity contribution >= 4 is 5.57 Å². The number of ether oxygens (including phenoxy) is 1. The maximum atomic E-state index is 6.00. The van der Waals surface area contributed by atoms with Crippen molar-refractivity contribution in [3.63, 3.8) is 0 Å². The third-order valence-electron chi connectivity index (χ3n) is 2.99. The van der Waals surface area contributed by atoms with E-state index in [1.54, 1.807) is 0 Å². The molecule has 0 aromatic heterocycles. The minimum atomic E-state index is 0.200. The molecule has 1 aliphatic carbocycles. The number of hydrogen-bond donors (Lipinski definition) is 1. The molecule has 92 valence electrons. The number of hydrogen-bond acceptors (Lipinski definition) is 2. The fraction of sp³-hybridized carbons (Fsp3) is 0.467. The minimum Gasteiger partial charge on any atom is -0.490 e. The topological polar surface area (TPSA) is 35.2 Å². The quantitative estimate of drug-likeness (QED) is 0.865. The van der Waals surface area contributed by atoms with Crippen LogP contribution in [0.1, 0.15) is 38.7 Å². The van der Waals surface area contributed by atoms with Crippen molar-refractivity contribution in [1.29, 1.82) is 0 Å². The lowest BCUT2D eigenvalue weighted by Crippen LogP contribution is -2.20. The van der Waals surface area contributed by atoms with Gasteiger partial charge in [0.15, 0.2) is 0 Å². The first-order valence-electron chi connectivity index (χ1n) is 6.39. The Morgan fingerprint density at radius 3 is 2.76 bits per heavy atom. The Kier molecular flexibility index (Phi) is 3.85. The van der Waals surface area contributed by atoms with E-state index in [-0.39, 0.29) is 12.1 Å². The maximum Gasteiger partial charge on any atom is 0.127 e. The van der Waals surface area contributed by atoms with Crippen molar-refractivity contribution in [2.45, 2.75) is 45.3 Å². The second kappa shape index (κ2) is 5.37. The SMILES string of the molecule is CC(C)Oc1ccccc1C1=CC(N)CCC1. The van der Waals surface area contributed by atoms with Crippen molar-refractivity contribution in [3.05, 3.63) is 35.9 Å². The average Bonchev–Trinajstić information content (AvgIpc) is 2.29. The van der Waals surface area contributed by atoms with Crippen LogP contribution in [0.2, 0.25) is 0 Å². The third-order valence-corrected chi connectivity index (χ3v) is 2.99. The van der Waals surface area contributed by atoms with Crippen LogP contribution in [0.25, 0.3) is 5.57 Å². The van der Waals surface area contributed by atoms with Gasteiger partial charge in [-0.1, -0.05) is 24.3 Å². The van der Waals surface area contributed by atoms with Gasteiger partial charge in [-0.15, -0.1) is 0 Å². The van der Waals surface area contributed by atoms with Crippen LogP contribution in [0.15, 0.2) is 30.3 Å². The van der Waals surface area contributed by atoms with Crippen LogP contribution in [0.5, 0.6) is 5.75 Å². The van der Waals surface area contributed by atoms with Crippen molar-refractivity contribution in [2.24, 2.45) is 5.73 Å². The Labute approximate surface area is 103 Å². The molecule has 0 aliphatic heterocycles. The highest BCUT2D eigenvalue weighted by atomic mass is 16.5. The number of allylic oxidation sites excluding steroid dienone is 1. The molecular formula is C15H21NO. The second-order valence-electron chi connectivity index (χ2n) is 4.91. The summed E-state index contributed by atoms with van der Waals surface area (Å²) in [5.41, 5.74) is 8.53. The summed E-state index contributed by atoms with van der Waals surface area (Å²) in [6.07, 6.45) is 5.76. The zero-order valence-corrected chi connectivity index (χ0v) is 10.6. The molecule has 1 unspecified atom stereocenters. The molecule has 0 amide bonds. The third kappa shape index (κ3) is 3.10. The van der Waals surface area contributed by atoms with E-state index in [4.69, 9.17) is 10.5 Å². The number of benzene rings is 1. The highest BCUT2D eigenvalue weighted by Crippen LogP contribution is 2.32. The molecule has 1 aromatic rings. The monoisotopic (exact) mass is 231 g/mol. The van der Waals surface area contributed by atoms with E-state index in [2.05, 4.69) is 32.1 Å². The fourth-order valence-electron chi connectivity index (χ4n) is 2.27. The zero-order chi connectivity index (χ0) is 12.3. The van der Waals surface area contributed by atoms with Gasteiger partial charge >= 0.3 is 0 Å². The van der Waals surface area contributed by atoms with E-state index in [1.165, 1.54) is 17.6 Å². The largest absolute Gasteiger partial charge is 0.490 e. The molecule has 2 N–H and O–H groups in total. The normalized spacial score (nSPS) is 20.2. The summed E-state index contributed by atoms with van der Waals surface area (Å²) < 4.78 is 5.85. The molecule has 2 rings (SSSR count). The summed E-state index contributed by atoms with van der Waals surface area (Å²) in [4.78, 5) is 0. The Morgan fingerprint density at radius 1 is 1.29 bits per heavy atom. The molecule has 0 saturated heterocycles. The molecule has 1 atom stereocenters. The van der Waals surface area contributed by atoms with E-state index >= 15 is 0 Å². The second-order valence-corrected chi connectivity index (χ2v) is 4.91. The van der Waals surface area contributed by atoms with Gasteiger partial charge in [0.2, 0.25) is 0 Å². The molecule has 0 bridgehead atoms. The van der Waals surface area contributed by atoms with Gasteiger partial charge in [0.05, 0.1) is 6.10 Å². The molecule has 0 saturated carbocycles. The Morgan fingerprint density at radius 2 is 2.06 bits per heavy atom. The maximum absolute atomic E-state index is 6.00. The van der Waals surface area contributed by atoms with Gasteiger partial charge in [0.1, 0.15) is 5.75 Å². The predicted molar refractivity (Wildman–Crippen MR) is 72.0 cm³/mol. The lowest BCUT2D eigenvalue weighted by molar-refractivity contribution is 0.241. The first kappa shape index (κ1) is 12.2. The summed E-state index contributed by atoms with van der Waals surface area (Å²) in [5, 5.41) is 0. The Balaban J connectivity index is 2.31. The first-order chi connectivity index (χ1) is 8.16. The van der Waals surface area contributed by atoms with E-state index < -0.39 is 0 Å². The van der Waals surface area contributed by atoms with Crippen LogP contribution in [-0.2, 0) is 0 Å². The zero-order valence-electron chi connectivity index (χ0n) is 10.6.